The van der Waals surface area contributed by atoms with Crippen LogP contribution in [-0.2, 0) is 19.5 Å². The minimum atomic E-state index is 0.603. The Bertz CT molecular complexity index is 451. The van der Waals surface area contributed by atoms with E-state index in [-0.39, 0.29) is 0 Å². The van der Waals surface area contributed by atoms with Gasteiger partial charge in [0.2, 0.25) is 0 Å². The van der Waals surface area contributed by atoms with E-state index < -0.39 is 0 Å². The Labute approximate surface area is 121 Å². The van der Waals surface area contributed by atoms with E-state index in [0.29, 0.717) is 6.54 Å². The summed E-state index contributed by atoms with van der Waals surface area (Å²) in [6.45, 7) is 7.85. The van der Waals surface area contributed by atoms with E-state index in [1.807, 2.05) is 0 Å². The highest BCUT2D eigenvalue weighted by Crippen LogP contribution is 2.14. The van der Waals surface area contributed by atoms with Crippen molar-refractivity contribution in [1.82, 2.24) is 25.0 Å². The number of aryl methyl sites for hydroxylation is 1. The van der Waals surface area contributed by atoms with Crippen LogP contribution in [0.5, 0.6) is 0 Å². The molecule has 6 nitrogen and oxygen atoms in total. The molecule has 1 aliphatic heterocycles. The van der Waals surface area contributed by atoms with Crippen LogP contribution in [0.2, 0.25) is 0 Å². The van der Waals surface area contributed by atoms with E-state index in [1.165, 1.54) is 19.3 Å². The van der Waals surface area contributed by atoms with Gasteiger partial charge >= 0.3 is 0 Å². The number of rotatable bonds is 6. The van der Waals surface area contributed by atoms with Crippen LogP contribution < -0.4 is 5.32 Å². The number of nitrogens with zero attached hydrogens (tertiary/aromatic N) is 5. The second-order valence-corrected chi connectivity index (χ2v) is 5.23. The molecule has 0 fully saturated rings. The fourth-order valence-electron chi connectivity index (χ4n) is 2.44. The van der Waals surface area contributed by atoms with Gasteiger partial charge in [0, 0.05) is 33.1 Å². The summed E-state index contributed by atoms with van der Waals surface area (Å²) < 4.78 is 2.21. The maximum Gasteiger partial charge on any atom is 0.194 e. The highest BCUT2D eigenvalue weighted by molar-refractivity contribution is 5.79. The van der Waals surface area contributed by atoms with Crippen molar-refractivity contribution in [2.75, 3.05) is 20.1 Å². The molecule has 2 rings (SSSR count). The minimum Gasteiger partial charge on any atom is -0.357 e. The standard InChI is InChI=1S/C14H26N6/c1-4-6-9-19(3)14(15-5-2)16-11-13-18-17-12-8-7-10-20(12)13/h4-11H2,1-3H3,(H,15,16). The van der Waals surface area contributed by atoms with E-state index in [2.05, 4.69) is 45.9 Å². The number of unbranched alkanes of at least 4 members (excludes halogenated alkanes) is 1. The summed E-state index contributed by atoms with van der Waals surface area (Å²) >= 11 is 0. The predicted octanol–water partition coefficient (Wildman–Crippen LogP) is 1.42. The molecule has 1 aliphatic rings. The Morgan fingerprint density at radius 2 is 2.25 bits per heavy atom. The molecule has 0 saturated heterocycles. The molecule has 0 atom stereocenters. The lowest BCUT2D eigenvalue weighted by atomic mass is 10.3. The zero-order valence-corrected chi connectivity index (χ0v) is 12.9. The average Bonchev–Trinajstić information content (AvgIpc) is 3.04. The predicted molar refractivity (Wildman–Crippen MR) is 80.7 cm³/mol. The average molecular weight is 278 g/mol. The lowest BCUT2D eigenvalue weighted by Crippen LogP contribution is -2.39. The second-order valence-electron chi connectivity index (χ2n) is 5.23. The van der Waals surface area contributed by atoms with Crippen LogP contribution >= 0.6 is 0 Å². The Balaban J connectivity index is 2.00. The summed E-state index contributed by atoms with van der Waals surface area (Å²) in [6.07, 6.45) is 4.61. The Morgan fingerprint density at radius 3 is 3.00 bits per heavy atom. The molecule has 1 aromatic heterocycles. The van der Waals surface area contributed by atoms with Crippen molar-refractivity contribution in [2.45, 2.75) is 52.6 Å². The molecule has 0 spiro atoms. The summed E-state index contributed by atoms with van der Waals surface area (Å²) in [5, 5.41) is 11.8. The third kappa shape index (κ3) is 3.49. The summed E-state index contributed by atoms with van der Waals surface area (Å²) in [5.41, 5.74) is 0. The number of nitrogens with one attached hydrogen (secondary N) is 1. The first-order valence-electron chi connectivity index (χ1n) is 7.66. The molecule has 1 aromatic rings. The first-order chi connectivity index (χ1) is 9.76. The number of aromatic nitrogens is 3. The Morgan fingerprint density at radius 1 is 1.40 bits per heavy atom. The molecule has 20 heavy (non-hydrogen) atoms. The summed E-state index contributed by atoms with van der Waals surface area (Å²) in [4.78, 5) is 6.88. The molecule has 0 aliphatic carbocycles. The zero-order valence-electron chi connectivity index (χ0n) is 12.9. The van der Waals surface area contributed by atoms with E-state index in [4.69, 9.17) is 4.99 Å². The fraction of sp³-hybridized carbons (Fsp3) is 0.786. The van der Waals surface area contributed by atoms with Gasteiger partial charge in [-0.05, 0) is 19.8 Å². The number of aliphatic imine (C=N–C) groups is 1. The van der Waals surface area contributed by atoms with Crippen molar-refractivity contribution >= 4 is 5.96 Å². The monoisotopic (exact) mass is 278 g/mol. The Kier molecular flexibility index (Phi) is 5.38. The molecule has 2 heterocycles. The van der Waals surface area contributed by atoms with Gasteiger partial charge in [0.05, 0.1) is 0 Å². The quantitative estimate of drug-likeness (QED) is 0.631. The summed E-state index contributed by atoms with van der Waals surface area (Å²) in [5.74, 6) is 3.05. The van der Waals surface area contributed by atoms with Gasteiger partial charge in [0.1, 0.15) is 12.4 Å². The van der Waals surface area contributed by atoms with Gasteiger partial charge in [-0.2, -0.15) is 0 Å². The van der Waals surface area contributed by atoms with Crippen LogP contribution in [0.1, 0.15) is 44.8 Å². The topological polar surface area (TPSA) is 58.3 Å². The summed E-state index contributed by atoms with van der Waals surface area (Å²) in [6, 6.07) is 0. The third-order valence-electron chi connectivity index (χ3n) is 3.60. The van der Waals surface area contributed by atoms with E-state index in [0.717, 1.165) is 43.7 Å². The normalized spacial score (nSPS) is 14.4. The molecule has 0 unspecified atom stereocenters. The lowest BCUT2D eigenvalue weighted by molar-refractivity contribution is 0.464. The largest absolute Gasteiger partial charge is 0.357 e. The molecule has 0 aromatic carbocycles. The molecule has 0 radical (unpaired) electrons. The Hall–Kier alpha value is -1.59. The van der Waals surface area contributed by atoms with E-state index >= 15 is 0 Å². The van der Waals surface area contributed by atoms with Gasteiger partial charge in [-0.25, -0.2) is 4.99 Å². The zero-order chi connectivity index (χ0) is 14.4. The lowest BCUT2D eigenvalue weighted by Gasteiger charge is -2.21. The van der Waals surface area contributed by atoms with E-state index in [1.54, 1.807) is 0 Å². The molecule has 0 bridgehead atoms. The SMILES string of the molecule is CCCCN(C)C(=NCc1nnc2n1CCC2)NCC. The van der Waals surface area contributed by atoms with Crippen molar-refractivity contribution in [3.05, 3.63) is 11.6 Å². The minimum absolute atomic E-state index is 0.603. The number of hydrogen-bond acceptors (Lipinski definition) is 3. The summed E-state index contributed by atoms with van der Waals surface area (Å²) in [7, 11) is 2.09. The van der Waals surface area contributed by atoms with Crippen molar-refractivity contribution < 1.29 is 0 Å². The van der Waals surface area contributed by atoms with Gasteiger partial charge in [-0.3, -0.25) is 0 Å². The first kappa shape index (κ1) is 14.8. The molecule has 112 valence electrons. The highest BCUT2D eigenvalue weighted by atomic mass is 15.3. The maximum atomic E-state index is 4.69. The van der Waals surface area contributed by atoms with Crippen LogP contribution in [0.4, 0.5) is 0 Å². The van der Waals surface area contributed by atoms with Crippen LogP contribution in [0.25, 0.3) is 0 Å². The van der Waals surface area contributed by atoms with Crippen LogP contribution in [-0.4, -0.2) is 45.8 Å². The van der Waals surface area contributed by atoms with Gasteiger partial charge in [0.15, 0.2) is 11.8 Å². The molecular formula is C14H26N6. The third-order valence-corrected chi connectivity index (χ3v) is 3.60. The maximum absolute atomic E-state index is 4.69. The smallest absolute Gasteiger partial charge is 0.194 e. The molecule has 1 N–H and O–H groups in total. The molecular weight excluding hydrogens is 252 g/mol. The molecule has 0 amide bonds. The van der Waals surface area contributed by atoms with Gasteiger partial charge in [-0.1, -0.05) is 13.3 Å². The van der Waals surface area contributed by atoms with Gasteiger partial charge < -0.3 is 14.8 Å². The number of fused-ring (bicyclic) bond motifs is 1. The van der Waals surface area contributed by atoms with Crippen LogP contribution in [0, 0.1) is 0 Å². The first-order valence-corrected chi connectivity index (χ1v) is 7.66. The van der Waals surface area contributed by atoms with Gasteiger partial charge in [0.25, 0.3) is 0 Å². The van der Waals surface area contributed by atoms with Gasteiger partial charge in [-0.15, -0.1) is 10.2 Å². The van der Waals surface area contributed by atoms with Crippen molar-refractivity contribution in [2.24, 2.45) is 4.99 Å². The fourth-order valence-corrected chi connectivity index (χ4v) is 2.44. The van der Waals surface area contributed by atoms with E-state index in [9.17, 15) is 0 Å². The van der Waals surface area contributed by atoms with Crippen molar-refractivity contribution in [3.63, 3.8) is 0 Å². The molecule has 6 heteroatoms. The van der Waals surface area contributed by atoms with Crippen LogP contribution in [0.3, 0.4) is 0 Å². The number of hydrogen-bond donors (Lipinski definition) is 1. The number of guanidine groups is 1. The van der Waals surface area contributed by atoms with Crippen LogP contribution in [0.15, 0.2) is 4.99 Å². The highest BCUT2D eigenvalue weighted by Gasteiger charge is 2.17. The second kappa shape index (κ2) is 7.26. The van der Waals surface area contributed by atoms with Crippen molar-refractivity contribution in [1.29, 1.82) is 0 Å². The van der Waals surface area contributed by atoms with Crippen molar-refractivity contribution in [3.8, 4) is 0 Å². The molecule has 0 saturated carbocycles.